The van der Waals surface area contributed by atoms with Gasteiger partial charge in [-0.3, -0.25) is 14.5 Å². The van der Waals surface area contributed by atoms with Crippen LogP contribution < -0.4 is 9.64 Å². The molecule has 0 radical (unpaired) electrons. The number of carboxylic acid groups (broad SMARTS) is 1. The lowest BCUT2D eigenvalue weighted by atomic mass is 10.3. The number of hydrogen-bond donors (Lipinski definition) is 1. The summed E-state index contributed by atoms with van der Waals surface area (Å²) in [5.41, 5.74) is 0.938. The molecule has 2 aliphatic heterocycles. The van der Waals surface area contributed by atoms with Gasteiger partial charge in [0.2, 0.25) is 0 Å². The first-order valence-corrected chi connectivity index (χ1v) is 8.56. The van der Waals surface area contributed by atoms with Gasteiger partial charge in [-0.15, -0.1) is 0 Å². The molecular weight excluding hydrogens is 356 g/mol. The van der Waals surface area contributed by atoms with Gasteiger partial charge in [0.15, 0.2) is 0 Å². The third kappa shape index (κ3) is 2.79. The average molecular weight is 368 g/mol. The Kier molecular flexibility index (Phi) is 4.26. The van der Waals surface area contributed by atoms with Crippen LogP contribution in [-0.4, -0.2) is 46.9 Å². The van der Waals surface area contributed by atoms with Gasteiger partial charge >= 0.3 is 5.97 Å². The van der Waals surface area contributed by atoms with Crippen molar-refractivity contribution in [3.63, 3.8) is 0 Å². The van der Waals surface area contributed by atoms with Gasteiger partial charge in [0, 0.05) is 18.0 Å². The second kappa shape index (κ2) is 6.06. The molecule has 0 spiro atoms. The SMILES string of the molecule is COc1ccc2c(c1)N(C)/C(=C1/SC(=S)N(CC(=O)O)C1=O)S2. The van der Waals surface area contributed by atoms with Gasteiger partial charge in [-0.25, -0.2) is 0 Å². The number of thiocarbonyl (C=S) groups is 1. The highest BCUT2D eigenvalue weighted by atomic mass is 32.2. The summed E-state index contributed by atoms with van der Waals surface area (Å²) in [5, 5.41) is 9.65. The van der Waals surface area contributed by atoms with Crippen molar-refractivity contribution in [2.75, 3.05) is 25.6 Å². The van der Waals surface area contributed by atoms with Gasteiger partial charge in [-0.05, 0) is 12.1 Å². The molecule has 0 unspecified atom stereocenters. The molecule has 6 nitrogen and oxygen atoms in total. The number of carbonyl (C=O) groups is 2. The van der Waals surface area contributed by atoms with E-state index >= 15 is 0 Å². The van der Waals surface area contributed by atoms with Gasteiger partial charge in [0.05, 0.1) is 17.8 Å². The van der Waals surface area contributed by atoms with Crippen molar-refractivity contribution in [3.8, 4) is 5.75 Å². The Morgan fingerprint density at radius 3 is 2.78 bits per heavy atom. The lowest BCUT2D eigenvalue weighted by Crippen LogP contribution is -2.33. The van der Waals surface area contributed by atoms with E-state index in [-0.39, 0.29) is 10.2 Å². The molecule has 1 amide bonds. The molecule has 9 heteroatoms. The van der Waals surface area contributed by atoms with Gasteiger partial charge < -0.3 is 14.7 Å². The summed E-state index contributed by atoms with van der Waals surface area (Å²) in [4.78, 5) is 27.8. The monoisotopic (exact) mass is 368 g/mol. The number of benzene rings is 1. The van der Waals surface area contributed by atoms with E-state index in [2.05, 4.69) is 0 Å². The highest BCUT2D eigenvalue weighted by molar-refractivity contribution is 8.27. The first kappa shape index (κ1) is 16.2. The first-order valence-electron chi connectivity index (χ1n) is 6.51. The molecule has 3 rings (SSSR count). The van der Waals surface area contributed by atoms with Crippen LogP contribution in [-0.2, 0) is 9.59 Å². The fourth-order valence-electron chi connectivity index (χ4n) is 2.25. The fourth-order valence-corrected chi connectivity index (χ4v) is 4.81. The standard InChI is InChI=1S/C14H12N2O4S3/c1-15-8-5-7(20-2)3-4-9(8)22-13(15)11-12(19)16(6-10(17)18)14(21)23-11/h3-5H,6H2,1-2H3,(H,17,18)/b13-11-. The summed E-state index contributed by atoms with van der Waals surface area (Å²) in [5.74, 6) is -0.722. The Bertz CT molecular complexity index is 762. The van der Waals surface area contributed by atoms with Crippen LogP contribution in [0.1, 0.15) is 0 Å². The number of methoxy groups -OCH3 is 1. The van der Waals surface area contributed by atoms with Gasteiger partial charge in [-0.1, -0.05) is 35.7 Å². The Hall–Kier alpha value is -1.71. The lowest BCUT2D eigenvalue weighted by Gasteiger charge is -2.15. The number of anilines is 1. The maximum atomic E-state index is 12.5. The van der Waals surface area contributed by atoms with Crippen LogP contribution in [0, 0.1) is 0 Å². The molecular formula is C14H12N2O4S3. The van der Waals surface area contributed by atoms with Crippen LogP contribution in [0.15, 0.2) is 33.0 Å². The molecule has 1 aromatic carbocycles. The van der Waals surface area contributed by atoms with Crippen LogP contribution in [0.5, 0.6) is 5.75 Å². The Labute approximate surface area is 146 Å². The molecule has 1 aromatic rings. The number of ether oxygens (including phenoxy) is 1. The third-order valence-electron chi connectivity index (χ3n) is 3.38. The summed E-state index contributed by atoms with van der Waals surface area (Å²) in [6.07, 6.45) is 0. The van der Waals surface area contributed by atoms with Crippen LogP contribution in [0.2, 0.25) is 0 Å². The second-order valence-electron chi connectivity index (χ2n) is 4.78. The molecule has 0 aromatic heterocycles. The zero-order valence-electron chi connectivity index (χ0n) is 12.2. The van der Waals surface area contributed by atoms with Crippen molar-refractivity contribution in [1.82, 2.24) is 4.90 Å². The molecule has 0 saturated carbocycles. The number of aliphatic carboxylic acids is 1. The summed E-state index contributed by atoms with van der Waals surface area (Å²) >= 11 is 7.73. The Morgan fingerprint density at radius 2 is 2.13 bits per heavy atom. The molecule has 23 heavy (non-hydrogen) atoms. The summed E-state index contributed by atoms with van der Waals surface area (Å²) in [6.45, 7) is -0.420. The minimum atomic E-state index is -1.09. The summed E-state index contributed by atoms with van der Waals surface area (Å²) in [7, 11) is 3.46. The van der Waals surface area contributed by atoms with E-state index in [1.165, 1.54) is 11.8 Å². The predicted octanol–water partition coefficient (Wildman–Crippen LogP) is 2.35. The van der Waals surface area contributed by atoms with Crippen molar-refractivity contribution in [1.29, 1.82) is 0 Å². The number of rotatable bonds is 3. The quantitative estimate of drug-likeness (QED) is 0.644. The minimum Gasteiger partial charge on any atom is -0.497 e. The minimum absolute atomic E-state index is 0.266. The lowest BCUT2D eigenvalue weighted by molar-refractivity contribution is -0.140. The molecule has 1 N–H and O–H groups in total. The summed E-state index contributed by atoms with van der Waals surface area (Å²) in [6, 6.07) is 5.69. The molecule has 2 aliphatic rings. The zero-order valence-corrected chi connectivity index (χ0v) is 14.7. The van der Waals surface area contributed by atoms with E-state index in [0.29, 0.717) is 4.91 Å². The van der Waals surface area contributed by atoms with Crippen LogP contribution >= 0.6 is 35.7 Å². The molecule has 120 valence electrons. The molecule has 1 fully saturated rings. The van der Waals surface area contributed by atoms with Crippen molar-refractivity contribution in [2.24, 2.45) is 0 Å². The topological polar surface area (TPSA) is 70.1 Å². The van der Waals surface area contributed by atoms with Crippen molar-refractivity contribution >= 4 is 57.6 Å². The molecule has 0 atom stereocenters. The van der Waals surface area contributed by atoms with E-state index in [1.807, 2.05) is 30.1 Å². The number of carboxylic acids is 1. The normalized spacial score (nSPS) is 20.3. The molecule has 0 aliphatic carbocycles. The maximum absolute atomic E-state index is 12.5. The number of hydrogen-bond acceptors (Lipinski definition) is 7. The van der Waals surface area contributed by atoms with Crippen molar-refractivity contribution in [2.45, 2.75) is 4.90 Å². The predicted molar refractivity (Wildman–Crippen MR) is 93.8 cm³/mol. The number of carbonyl (C=O) groups excluding carboxylic acids is 1. The number of amides is 1. The first-order chi connectivity index (χ1) is 10.9. The van der Waals surface area contributed by atoms with Gasteiger partial charge in [0.25, 0.3) is 5.91 Å². The highest BCUT2D eigenvalue weighted by Gasteiger charge is 2.39. The molecule has 1 saturated heterocycles. The van der Waals surface area contributed by atoms with Crippen molar-refractivity contribution < 1.29 is 19.4 Å². The van der Waals surface area contributed by atoms with E-state index in [4.69, 9.17) is 22.1 Å². The largest absolute Gasteiger partial charge is 0.497 e. The van der Waals surface area contributed by atoms with Crippen LogP contribution in [0.3, 0.4) is 0 Å². The summed E-state index contributed by atoms with van der Waals surface area (Å²) < 4.78 is 5.50. The smallest absolute Gasteiger partial charge is 0.323 e. The number of thioether (sulfide) groups is 2. The molecule has 2 heterocycles. The highest BCUT2D eigenvalue weighted by Crippen LogP contribution is 2.50. The fraction of sp³-hybridized carbons (Fsp3) is 0.214. The number of fused-ring (bicyclic) bond motifs is 1. The Balaban J connectivity index is 1.96. The average Bonchev–Trinajstić information content (AvgIpc) is 2.98. The van der Waals surface area contributed by atoms with E-state index in [0.717, 1.165) is 38.0 Å². The van der Waals surface area contributed by atoms with Crippen LogP contribution in [0.25, 0.3) is 0 Å². The zero-order chi connectivity index (χ0) is 16.7. The third-order valence-corrected chi connectivity index (χ3v) is 6.18. The van der Waals surface area contributed by atoms with Crippen molar-refractivity contribution in [3.05, 3.63) is 28.1 Å². The second-order valence-corrected chi connectivity index (χ2v) is 7.46. The molecule has 0 bridgehead atoms. The van der Waals surface area contributed by atoms with E-state index in [9.17, 15) is 9.59 Å². The van der Waals surface area contributed by atoms with Crippen LogP contribution in [0.4, 0.5) is 5.69 Å². The van der Waals surface area contributed by atoms with E-state index in [1.54, 1.807) is 7.11 Å². The van der Waals surface area contributed by atoms with E-state index < -0.39 is 12.5 Å². The van der Waals surface area contributed by atoms with Gasteiger partial charge in [-0.2, -0.15) is 0 Å². The number of nitrogens with zero attached hydrogens (tertiary/aromatic N) is 2. The Morgan fingerprint density at radius 1 is 1.39 bits per heavy atom. The maximum Gasteiger partial charge on any atom is 0.323 e. The van der Waals surface area contributed by atoms with Gasteiger partial charge in [0.1, 0.15) is 21.5 Å².